The third-order valence-electron chi connectivity index (χ3n) is 2.51. The van der Waals surface area contributed by atoms with Gasteiger partial charge in [0.25, 0.3) is 0 Å². The highest BCUT2D eigenvalue weighted by molar-refractivity contribution is 5.77. The summed E-state index contributed by atoms with van der Waals surface area (Å²) >= 11 is 0. The van der Waals surface area contributed by atoms with Crippen LogP contribution in [0.15, 0.2) is 24.3 Å². The summed E-state index contributed by atoms with van der Waals surface area (Å²) in [5, 5.41) is 1.82. The first-order valence-electron chi connectivity index (χ1n) is 5.71. The first-order chi connectivity index (χ1) is 8.94. The van der Waals surface area contributed by atoms with Gasteiger partial charge in [0.2, 0.25) is 5.91 Å². The van der Waals surface area contributed by atoms with Gasteiger partial charge in [-0.1, -0.05) is 12.1 Å². The van der Waals surface area contributed by atoms with Gasteiger partial charge in [0, 0.05) is 12.8 Å². The van der Waals surface area contributed by atoms with Crippen LogP contribution in [0.4, 0.5) is 13.2 Å². The van der Waals surface area contributed by atoms with Crippen molar-refractivity contribution in [2.45, 2.75) is 19.0 Å². The lowest BCUT2D eigenvalue weighted by molar-refractivity contribution is -0.138. The van der Waals surface area contributed by atoms with Crippen LogP contribution < -0.4 is 5.32 Å². The Balaban J connectivity index is 1.86. The number of aromatic nitrogens is 2. The van der Waals surface area contributed by atoms with E-state index in [1.165, 1.54) is 0 Å². The lowest BCUT2D eigenvalue weighted by Gasteiger charge is -2.07. The number of nitrogens with one attached hydrogen (secondary N) is 2. The van der Waals surface area contributed by atoms with E-state index in [1.54, 1.807) is 0 Å². The molecule has 1 aromatic carbocycles. The lowest BCUT2D eigenvalue weighted by atomic mass is 10.3. The van der Waals surface area contributed by atoms with E-state index in [-0.39, 0.29) is 12.8 Å². The van der Waals surface area contributed by atoms with Crippen molar-refractivity contribution in [2.75, 3.05) is 6.54 Å². The van der Waals surface area contributed by atoms with E-state index in [4.69, 9.17) is 0 Å². The number of carbonyl (C=O) groups is 1. The standard InChI is InChI=1S/C12H12F3N3O/c13-12(14,15)7-16-11(19)6-5-10-17-8-3-1-2-4-9(8)18-10/h1-4H,5-7H2,(H,16,19)(H,17,18). The molecular weight excluding hydrogens is 259 g/mol. The number of imidazole rings is 1. The van der Waals surface area contributed by atoms with Gasteiger partial charge in [0.1, 0.15) is 12.4 Å². The van der Waals surface area contributed by atoms with Gasteiger partial charge >= 0.3 is 6.18 Å². The zero-order valence-corrected chi connectivity index (χ0v) is 9.92. The Hall–Kier alpha value is -2.05. The van der Waals surface area contributed by atoms with Gasteiger partial charge < -0.3 is 10.3 Å². The third-order valence-corrected chi connectivity index (χ3v) is 2.51. The highest BCUT2D eigenvalue weighted by Crippen LogP contribution is 2.13. The molecule has 1 aromatic heterocycles. The Morgan fingerprint density at radius 3 is 2.74 bits per heavy atom. The van der Waals surface area contributed by atoms with Crippen LogP contribution in [0.3, 0.4) is 0 Å². The highest BCUT2D eigenvalue weighted by Gasteiger charge is 2.27. The Bertz CT molecular complexity index is 544. The number of halogens is 3. The predicted octanol–water partition coefficient (Wildman–Crippen LogP) is 2.17. The van der Waals surface area contributed by atoms with Crippen molar-refractivity contribution in [3.63, 3.8) is 0 Å². The van der Waals surface area contributed by atoms with E-state index in [1.807, 2.05) is 29.6 Å². The molecule has 1 heterocycles. The van der Waals surface area contributed by atoms with Crippen LogP contribution in [0, 0.1) is 0 Å². The average Bonchev–Trinajstić information content (AvgIpc) is 2.75. The molecule has 0 aliphatic rings. The first-order valence-corrected chi connectivity index (χ1v) is 5.71. The zero-order valence-electron chi connectivity index (χ0n) is 9.92. The Morgan fingerprint density at radius 2 is 2.05 bits per heavy atom. The second kappa shape index (κ2) is 5.29. The predicted molar refractivity (Wildman–Crippen MR) is 63.5 cm³/mol. The van der Waals surface area contributed by atoms with Crippen LogP contribution in [0.25, 0.3) is 11.0 Å². The number of benzene rings is 1. The fourth-order valence-electron chi connectivity index (χ4n) is 1.64. The summed E-state index contributed by atoms with van der Waals surface area (Å²) < 4.78 is 35.7. The summed E-state index contributed by atoms with van der Waals surface area (Å²) in [7, 11) is 0. The minimum absolute atomic E-state index is 0.0318. The molecule has 1 amide bonds. The smallest absolute Gasteiger partial charge is 0.347 e. The molecule has 2 aromatic rings. The molecule has 4 nitrogen and oxygen atoms in total. The largest absolute Gasteiger partial charge is 0.405 e. The Kier molecular flexibility index (Phi) is 3.73. The van der Waals surface area contributed by atoms with E-state index >= 15 is 0 Å². The Labute approximate surface area is 107 Å². The van der Waals surface area contributed by atoms with Crippen molar-refractivity contribution in [1.29, 1.82) is 0 Å². The third kappa shape index (κ3) is 3.97. The number of hydrogen-bond acceptors (Lipinski definition) is 2. The maximum absolute atomic E-state index is 11.9. The van der Waals surface area contributed by atoms with Crippen molar-refractivity contribution >= 4 is 16.9 Å². The number of aromatic amines is 1. The molecule has 0 fully saturated rings. The summed E-state index contributed by atoms with van der Waals surface area (Å²) in [6.45, 7) is -1.30. The van der Waals surface area contributed by atoms with Gasteiger partial charge in [-0.3, -0.25) is 4.79 Å². The van der Waals surface area contributed by atoms with Gasteiger partial charge in [0.15, 0.2) is 0 Å². The fraction of sp³-hybridized carbons (Fsp3) is 0.333. The molecule has 19 heavy (non-hydrogen) atoms. The maximum Gasteiger partial charge on any atom is 0.405 e. The summed E-state index contributed by atoms with van der Waals surface area (Å²) in [5.41, 5.74) is 1.61. The first kappa shape index (κ1) is 13.4. The summed E-state index contributed by atoms with van der Waals surface area (Å²) in [5.74, 6) is -0.0545. The van der Waals surface area contributed by atoms with Crippen LogP contribution >= 0.6 is 0 Å². The normalized spacial score (nSPS) is 11.7. The van der Waals surface area contributed by atoms with Gasteiger partial charge in [0.05, 0.1) is 11.0 Å². The number of nitrogens with zero attached hydrogens (tertiary/aromatic N) is 1. The molecule has 0 saturated carbocycles. The van der Waals surface area contributed by atoms with Gasteiger partial charge in [-0.25, -0.2) is 4.98 Å². The highest BCUT2D eigenvalue weighted by atomic mass is 19.4. The second-order valence-electron chi connectivity index (χ2n) is 4.09. The van der Waals surface area contributed by atoms with Crippen LogP contribution in [0.2, 0.25) is 0 Å². The number of amides is 1. The number of alkyl halides is 3. The SMILES string of the molecule is O=C(CCc1nc2ccccc2[nH]1)NCC(F)(F)F. The minimum atomic E-state index is -4.38. The zero-order chi connectivity index (χ0) is 13.9. The van der Waals surface area contributed by atoms with Gasteiger partial charge in [-0.05, 0) is 12.1 Å². The Morgan fingerprint density at radius 1 is 1.32 bits per heavy atom. The molecule has 2 N–H and O–H groups in total. The molecule has 7 heteroatoms. The molecule has 0 aliphatic heterocycles. The van der Waals surface area contributed by atoms with Gasteiger partial charge in [-0.2, -0.15) is 13.2 Å². The molecule has 0 spiro atoms. The number of rotatable bonds is 4. The monoisotopic (exact) mass is 271 g/mol. The quantitative estimate of drug-likeness (QED) is 0.895. The van der Waals surface area contributed by atoms with Crippen LogP contribution in [-0.4, -0.2) is 28.6 Å². The van der Waals surface area contributed by atoms with Crippen LogP contribution in [0.1, 0.15) is 12.2 Å². The number of fused-ring (bicyclic) bond motifs is 1. The number of hydrogen-bond donors (Lipinski definition) is 2. The number of H-pyrrole nitrogens is 1. The minimum Gasteiger partial charge on any atom is -0.347 e. The van der Waals surface area contributed by atoms with Crippen molar-refractivity contribution in [2.24, 2.45) is 0 Å². The average molecular weight is 271 g/mol. The summed E-state index contributed by atoms with van der Waals surface area (Å²) in [6, 6.07) is 7.35. The maximum atomic E-state index is 11.9. The van der Waals surface area contributed by atoms with E-state index < -0.39 is 18.6 Å². The molecule has 0 saturated heterocycles. The van der Waals surface area contributed by atoms with Crippen molar-refractivity contribution in [3.05, 3.63) is 30.1 Å². The van der Waals surface area contributed by atoms with Gasteiger partial charge in [-0.15, -0.1) is 0 Å². The molecule has 0 atom stereocenters. The fourth-order valence-corrected chi connectivity index (χ4v) is 1.64. The number of carbonyl (C=O) groups excluding carboxylic acids is 1. The molecule has 0 aliphatic carbocycles. The van der Waals surface area contributed by atoms with Crippen LogP contribution in [0.5, 0.6) is 0 Å². The molecular formula is C12H12F3N3O. The molecule has 2 rings (SSSR count). The summed E-state index contributed by atoms with van der Waals surface area (Å²) in [4.78, 5) is 18.5. The number of aryl methyl sites for hydroxylation is 1. The number of para-hydroxylation sites is 2. The van der Waals surface area contributed by atoms with E-state index in [0.29, 0.717) is 5.82 Å². The molecule has 0 unspecified atom stereocenters. The molecule has 102 valence electrons. The van der Waals surface area contributed by atoms with E-state index in [0.717, 1.165) is 11.0 Å². The lowest BCUT2D eigenvalue weighted by Crippen LogP contribution is -2.33. The second-order valence-corrected chi connectivity index (χ2v) is 4.09. The van der Waals surface area contributed by atoms with Crippen LogP contribution in [-0.2, 0) is 11.2 Å². The molecule has 0 bridgehead atoms. The van der Waals surface area contributed by atoms with Crippen molar-refractivity contribution in [1.82, 2.24) is 15.3 Å². The van der Waals surface area contributed by atoms with E-state index in [2.05, 4.69) is 9.97 Å². The molecule has 0 radical (unpaired) electrons. The summed E-state index contributed by atoms with van der Waals surface area (Å²) in [6.07, 6.45) is -4.14. The topological polar surface area (TPSA) is 57.8 Å². The van der Waals surface area contributed by atoms with Crippen molar-refractivity contribution < 1.29 is 18.0 Å². The van der Waals surface area contributed by atoms with E-state index in [9.17, 15) is 18.0 Å². The van der Waals surface area contributed by atoms with Crippen molar-refractivity contribution in [3.8, 4) is 0 Å².